The fourth-order valence-corrected chi connectivity index (χ4v) is 5.73. The molecule has 0 saturated carbocycles. The first kappa shape index (κ1) is 35.9. The zero-order valence-corrected chi connectivity index (χ0v) is 29.5. The largest absolute Gasteiger partial charge is 0.494 e. The molecular weight excluding hydrogens is 569 g/mol. The Labute approximate surface area is 280 Å². The Morgan fingerprint density at radius 3 is 1.24 bits per heavy atom. The molecule has 3 aromatic rings. The van der Waals surface area contributed by atoms with Gasteiger partial charge in [0.25, 0.3) is 0 Å². The van der Waals surface area contributed by atoms with E-state index in [4.69, 9.17) is 18.8 Å². The van der Waals surface area contributed by atoms with Crippen LogP contribution in [-0.4, -0.2) is 31.5 Å². The number of hydrogen-bond donors (Lipinski definition) is 0. The minimum Gasteiger partial charge on any atom is -0.494 e. The predicted molar refractivity (Wildman–Crippen MR) is 195 cm³/mol. The van der Waals surface area contributed by atoms with Gasteiger partial charge in [-0.3, -0.25) is 0 Å². The highest BCUT2D eigenvalue weighted by atomic mass is 16.7. The van der Waals surface area contributed by atoms with Crippen LogP contribution < -0.4 is 19.8 Å². The van der Waals surface area contributed by atoms with Crippen LogP contribution in [0.5, 0.6) is 11.5 Å². The van der Waals surface area contributed by atoms with E-state index in [1.165, 1.54) is 64.2 Å². The molecule has 46 heavy (non-hydrogen) atoms. The molecule has 0 N–H and O–H groups in total. The van der Waals surface area contributed by atoms with Crippen LogP contribution in [0, 0.1) is 0 Å². The van der Waals surface area contributed by atoms with Crippen molar-refractivity contribution in [3.8, 4) is 11.5 Å². The lowest BCUT2D eigenvalue weighted by atomic mass is 9.79. The summed E-state index contributed by atoms with van der Waals surface area (Å²) in [5.74, 6) is 1.82. The molecule has 0 radical (unpaired) electrons. The van der Waals surface area contributed by atoms with Gasteiger partial charge in [-0.25, -0.2) is 0 Å². The van der Waals surface area contributed by atoms with Crippen molar-refractivity contribution in [1.29, 1.82) is 0 Å². The van der Waals surface area contributed by atoms with E-state index in [0.717, 1.165) is 60.1 Å². The molecular formula is C40H58BNO4. The van der Waals surface area contributed by atoms with Crippen LogP contribution in [0.2, 0.25) is 0 Å². The standard InChI is InChI=1S/C40H58BNO4/c1-7-9-11-13-15-17-31-43-37-27-23-35(24-28-37)42(36-25-29-38(30-26-36)44-32-18-16-14-12-10-8-2)34-21-19-33(20-22-34)41-45-39(3,4)40(5,6)46-41/h19-30H,7-18,31-32H2,1-6H3. The number of hydrogen-bond acceptors (Lipinski definition) is 5. The minimum atomic E-state index is -0.390. The summed E-state index contributed by atoms with van der Waals surface area (Å²) < 4.78 is 24.8. The van der Waals surface area contributed by atoms with Crippen molar-refractivity contribution in [1.82, 2.24) is 0 Å². The van der Waals surface area contributed by atoms with E-state index in [0.29, 0.717) is 0 Å². The van der Waals surface area contributed by atoms with Gasteiger partial charge in [0.1, 0.15) is 11.5 Å². The number of anilines is 3. The second-order valence-corrected chi connectivity index (χ2v) is 13.7. The van der Waals surface area contributed by atoms with Gasteiger partial charge in [-0.2, -0.15) is 0 Å². The summed E-state index contributed by atoms with van der Waals surface area (Å²) in [5.41, 5.74) is 3.45. The first-order valence-electron chi connectivity index (χ1n) is 18.0. The van der Waals surface area contributed by atoms with Crippen LogP contribution in [0.4, 0.5) is 17.1 Å². The number of unbranched alkanes of at least 4 members (excludes halogenated alkanes) is 10. The minimum absolute atomic E-state index is 0.375. The van der Waals surface area contributed by atoms with Gasteiger partial charge < -0.3 is 23.7 Å². The molecule has 1 heterocycles. The Bertz CT molecular complexity index is 1200. The number of ether oxygens (including phenoxy) is 2. The Hall–Kier alpha value is -2.96. The van der Waals surface area contributed by atoms with Crippen LogP contribution in [0.15, 0.2) is 72.8 Å². The van der Waals surface area contributed by atoms with E-state index in [9.17, 15) is 0 Å². The third kappa shape index (κ3) is 10.3. The summed E-state index contributed by atoms with van der Waals surface area (Å²) in [5, 5.41) is 0. The highest BCUT2D eigenvalue weighted by Gasteiger charge is 2.51. The maximum Gasteiger partial charge on any atom is 0.494 e. The molecule has 0 unspecified atom stereocenters. The van der Waals surface area contributed by atoms with Crippen LogP contribution in [-0.2, 0) is 9.31 Å². The normalized spacial score (nSPS) is 15.2. The molecule has 3 aromatic carbocycles. The van der Waals surface area contributed by atoms with Gasteiger partial charge >= 0.3 is 7.12 Å². The fourth-order valence-electron chi connectivity index (χ4n) is 5.73. The van der Waals surface area contributed by atoms with Crippen molar-refractivity contribution >= 4 is 29.6 Å². The van der Waals surface area contributed by atoms with Crippen molar-refractivity contribution in [2.24, 2.45) is 0 Å². The molecule has 1 aliphatic heterocycles. The van der Waals surface area contributed by atoms with Crippen LogP contribution in [0.1, 0.15) is 119 Å². The van der Waals surface area contributed by atoms with Gasteiger partial charge in [0.15, 0.2) is 0 Å². The van der Waals surface area contributed by atoms with E-state index in [1.807, 2.05) is 0 Å². The third-order valence-corrected chi connectivity index (χ3v) is 9.40. The summed E-state index contributed by atoms with van der Waals surface area (Å²) in [4.78, 5) is 2.27. The first-order chi connectivity index (χ1) is 22.2. The summed E-state index contributed by atoms with van der Waals surface area (Å²) in [6, 6.07) is 25.4. The molecule has 250 valence electrons. The van der Waals surface area contributed by atoms with Crippen molar-refractivity contribution in [2.75, 3.05) is 18.1 Å². The van der Waals surface area contributed by atoms with Gasteiger partial charge in [-0.15, -0.1) is 0 Å². The summed E-state index contributed by atoms with van der Waals surface area (Å²) in [6.07, 6.45) is 15.1. The molecule has 5 nitrogen and oxygen atoms in total. The molecule has 1 aliphatic rings. The highest BCUT2D eigenvalue weighted by molar-refractivity contribution is 6.62. The molecule has 0 aromatic heterocycles. The molecule has 4 rings (SSSR count). The molecule has 1 fully saturated rings. The topological polar surface area (TPSA) is 40.2 Å². The maximum atomic E-state index is 6.31. The van der Waals surface area contributed by atoms with Crippen molar-refractivity contribution in [3.05, 3.63) is 72.8 Å². The van der Waals surface area contributed by atoms with Crippen LogP contribution in [0.3, 0.4) is 0 Å². The molecule has 0 bridgehead atoms. The Kier molecular flexibility index (Phi) is 13.9. The Morgan fingerprint density at radius 2 is 0.848 bits per heavy atom. The Morgan fingerprint density at radius 1 is 0.500 bits per heavy atom. The van der Waals surface area contributed by atoms with Crippen LogP contribution >= 0.6 is 0 Å². The number of benzene rings is 3. The van der Waals surface area contributed by atoms with Crippen molar-refractivity contribution < 1.29 is 18.8 Å². The smallest absolute Gasteiger partial charge is 0.494 e. The lowest BCUT2D eigenvalue weighted by molar-refractivity contribution is 0.00578. The quantitative estimate of drug-likeness (QED) is 0.0921. The van der Waals surface area contributed by atoms with E-state index in [-0.39, 0.29) is 11.2 Å². The first-order valence-corrected chi connectivity index (χ1v) is 18.0. The lowest BCUT2D eigenvalue weighted by Gasteiger charge is -2.32. The molecule has 0 amide bonds. The van der Waals surface area contributed by atoms with Crippen molar-refractivity contribution in [3.63, 3.8) is 0 Å². The van der Waals surface area contributed by atoms with E-state index < -0.39 is 7.12 Å². The molecule has 6 heteroatoms. The van der Waals surface area contributed by atoms with E-state index in [2.05, 4.69) is 119 Å². The molecule has 0 spiro atoms. The second-order valence-electron chi connectivity index (χ2n) is 13.7. The second kappa shape index (κ2) is 17.8. The average Bonchev–Trinajstić information content (AvgIpc) is 3.28. The summed E-state index contributed by atoms with van der Waals surface area (Å²) >= 11 is 0. The zero-order chi connectivity index (χ0) is 32.8. The van der Waals surface area contributed by atoms with Gasteiger partial charge in [0.05, 0.1) is 24.4 Å². The monoisotopic (exact) mass is 627 g/mol. The molecule has 0 atom stereocenters. The highest BCUT2D eigenvalue weighted by Crippen LogP contribution is 2.38. The van der Waals surface area contributed by atoms with E-state index >= 15 is 0 Å². The lowest BCUT2D eigenvalue weighted by Crippen LogP contribution is -2.41. The van der Waals surface area contributed by atoms with Crippen LogP contribution in [0.25, 0.3) is 0 Å². The summed E-state index contributed by atoms with van der Waals surface area (Å²) in [6.45, 7) is 14.4. The number of nitrogens with zero attached hydrogens (tertiary/aromatic N) is 1. The van der Waals surface area contributed by atoms with Gasteiger partial charge in [-0.1, -0.05) is 90.2 Å². The van der Waals surface area contributed by atoms with Gasteiger partial charge in [-0.05, 0) is 107 Å². The van der Waals surface area contributed by atoms with Gasteiger partial charge in [0, 0.05) is 17.1 Å². The van der Waals surface area contributed by atoms with Crippen molar-refractivity contribution in [2.45, 2.75) is 130 Å². The molecule has 0 aliphatic carbocycles. The Balaban J connectivity index is 1.45. The fraction of sp³-hybridized carbons (Fsp3) is 0.550. The summed E-state index contributed by atoms with van der Waals surface area (Å²) in [7, 11) is -0.390. The van der Waals surface area contributed by atoms with E-state index in [1.54, 1.807) is 0 Å². The average molecular weight is 628 g/mol. The van der Waals surface area contributed by atoms with Gasteiger partial charge in [0.2, 0.25) is 0 Å². The molecule has 1 saturated heterocycles. The number of rotatable bonds is 20. The SMILES string of the molecule is CCCCCCCCOc1ccc(N(c2ccc(OCCCCCCCC)cc2)c2ccc(B3OC(C)(C)C(C)(C)O3)cc2)cc1. The maximum absolute atomic E-state index is 6.31. The third-order valence-electron chi connectivity index (χ3n) is 9.40. The predicted octanol–water partition coefficient (Wildman–Crippen LogP) is 10.9. The zero-order valence-electron chi connectivity index (χ0n) is 29.5.